The van der Waals surface area contributed by atoms with Crippen molar-refractivity contribution in [1.82, 2.24) is 5.32 Å². The van der Waals surface area contributed by atoms with Crippen molar-refractivity contribution in [3.8, 4) is 5.75 Å². The Kier molecular flexibility index (Phi) is 5.39. The van der Waals surface area contributed by atoms with E-state index in [9.17, 15) is 0 Å². The minimum atomic E-state index is 0.414. The van der Waals surface area contributed by atoms with E-state index in [0.717, 1.165) is 24.8 Å². The molecule has 2 nitrogen and oxygen atoms in total. The summed E-state index contributed by atoms with van der Waals surface area (Å²) < 4.78 is 5.77. The Balaban J connectivity index is 1.64. The molecule has 0 spiro atoms. The second-order valence-electron chi connectivity index (χ2n) is 5.16. The zero-order valence-electron chi connectivity index (χ0n) is 11.3. The van der Waals surface area contributed by atoms with Crippen LogP contribution in [0.5, 0.6) is 5.75 Å². The number of thioether (sulfide) groups is 1. The molecule has 0 amide bonds. The first-order valence-corrected chi connectivity index (χ1v) is 7.90. The molecule has 1 aromatic rings. The van der Waals surface area contributed by atoms with Gasteiger partial charge in [0, 0.05) is 6.04 Å². The summed E-state index contributed by atoms with van der Waals surface area (Å²) in [4.78, 5) is 0. The van der Waals surface area contributed by atoms with E-state index in [1.807, 2.05) is 12.1 Å². The summed E-state index contributed by atoms with van der Waals surface area (Å²) in [6, 6.07) is 8.66. The van der Waals surface area contributed by atoms with Crippen molar-refractivity contribution in [2.24, 2.45) is 5.92 Å². The summed E-state index contributed by atoms with van der Waals surface area (Å²) in [7, 11) is 0. The van der Waals surface area contributed by atoms with Crippen LogP contribution in [0.15, 0.2) is 24.3 Å². The molecule has 0 radical (unpaired) electrons. The first-order valence-electron chi connectivity index (χ1n) is 6.74. The second-order valence-corrected chi connectivity index (χ2v) is 6.31. The summed E-state index contributed by atoms with van der Waals surface area (Å²) in [6.07, 6.45) is 1.36. The van der Waals surface area contributed by atoms with Crippen LogP contribution in [0.25, 0.3) is 0 Å². The van der Waals surface area contributed by atoms with Crippen LogP contribution in [0.4, 0.5) is 0 Å². The molecular weight excluding hydrogens is 242 g/mol. The van der Waals surface area contributed by atoms with E-state index in [4.69, 9.17) is 4.74 Å². The molecule has 1 aliphatic rings. The van der Waals surface area contributed by atoms with Crippen LogP contribution >= 0.6 is 11.8 Å². The van der Waals surface area contributed by atoms with Gasteiger partial charge in [-0.1, -0.05) is 17.7 Å². The lowest BCUT2D eigenvalue weighted by atomic mass is 10.1. The highest BCUT2D eigenvalue weighted by atomic mass is 32.2. The summed E-state index contributed by atoms with van der Waals surface area (Å²) in [6.45, 7) is 6.15. The largest absolute Gasteiger partial charge is 0.492 e. The van der Waals surface area contributed by atoms with Crippen LogP contribution in [0.1, 0.15) is 18.9 Å². The Morgan fingerprint density at radius 2 is 2.17 bits per heavy atom. The number of hydrogen-bond acceptors (Lipinski definition) is 3. The third-order valence-corrected chi connectivity index (χ3v) is 4.53. The van der Waals surface area contributed by atoms with Gasteiger partial charge in [0.05, 0.1) is 0 Å². The van der Waals surface area contributed by atoms with Gasteiger partial charge < -0.3 is 10.1 Å². The summed E-state index contributed by atoms with van der Waals surface area (Å²) in [5.74, 6) is 4.47. The van der Waals surface area contributed by atoms with Gasteiger partial charge in [-0.15, -0.1) is 0 Å². The van der Waals surface area contributed by atoms with Gasteiger partial charge in [-0.3, -0.25) is 0 Å². The lowest BCUT2D eigenvalue weighted by Crippen LogP contribution is -2.35. The first kappa shape index (κ1) is 13.8. The zero-order valence-corrected chi connectivity index (χ0v) is 12.1. The molecule has 0 aliphatic carbocycles. The fourth-order valence-electron chi connectivity index (χ4n) is 2.03. The third-order valence-electron chi connectivity index (χ3n) is 3.30. The lowest BCUT2D eigenvalue weighted by molar-refractivity contribution is 0.268. The minimum absolute atomic E-state index is 0.414. The molecule has 3 heteroatoms. The fraction of sp³-hybridized carbons (Fsp3) is 0.600. The zero-order chi connectivity index (χ0) is 12.8. The number of aryl methyl sites for hydroxylation is 1. The fourth-order valence-corrected chi connectivity index (χ4v) is 3.31. The smallest absolute Gasteiger partial charge is 0.119 e. The van der Waals surface area contributed by atoms with Crippen molar-refractivity contribution < 1.29 is 4.74 Å². The van der Waals surface area contributed by atoms with Gasteiger partial charge >= 0.3 is 0 Å². The number of nitrogens with one attached hydrogen (secondary N) is 1. The van der Waals surface area contributed by atoms with Crippen LogP contribution < -0.4 is 10.1 Å². The average molecular weight is 265 g/mol. The van der Waals surface area contributed by atoms with E-state index in [1.165, 1.54) is 23.5 Å². The summed E-state index contributed by atoms with van der Waals surface area (Å²) in [5.41, 5.74) is 1.27. The average Bonchev–Trinajstić information content (AvgIpc) is 2.89. The molecule has 0 bridgehead atoms. The normalized spacial score (nSPS) is 20.9. The van der Waals surface area contributed by atoms with Crippen LogP contribution in [0.3, 0.4) is 0 Å². The van der Waals surface area contributed by atoms with Crippen LogP contribution in [0.2, 0.25) is 0 Å². The second kappa shape index (κ2) is 7.05. The Bertz CT molecular complexity index is 346. The van der Waals surface area contributed by atoms with Crippen molar-refractivity contribution in [2.45, 2.75) is 26.3 Å². The summed E-state index contributed by atoms with van der Waals surface area (Å²) >= 11 is 2.07. The van der Waals surface area contributed by atoms with Crippen molar-refractivity contribution in [2.75, 3.05) is 24.7 Å². The SMILES string of the molecule is Cc1ccc(OCC(C)NCC2CCSC2)cc1. The van der Waals surface area contributed by atoms with Gasteiger partial charge in [0.1, 0.15) is 12.4 Å². The predicted molar refractivity (Wildman–Crippen MR) is 79.6 cm³/mol. The third kappa shape index (κ3) is 4.54. The molecule has 18 heavy (non-hydrogen) atoms. The molecule has 2 rings (SSSR count). The van der Waals surface area contributed by atoms with Crippen LogP contribution in [-0.4, -0.2) is 30.7 Å². The van der Waals surface area contributed by atoms with Crippen molar-refractivity contribution >= 4 is 11.8 Å². The van der Waals surface area contributed by atoms with Crippen LogP contribution in [-0.2, 0) is 0 Å². The standard InChI is InChI=1S/C15H23NOS/c1-12-3-5-15(6-4-12)17-10-13(2)16-9-14-7-8-18-11-14/h3-6,13-14,16H,7-11H2,1-2H3. The molecule has 1 saturated heterocycles. The lowest BCUT2D eigenvalue weighted by Gasteiger charge is -2.17. The van der Waals surface area contributed by atoms with Crippen molar-refractivity contribution in [1.29, 1.82) is 0 Å². The number of benzene rings is 1. The van der Waals surface area contributed by atoms with Crippen LogP contribution in [0, 0.1) is 12.8 Å². The van der Waals surface area contributed by atoms with Gasteiger partial charge in [0.2, 0.25) is 0 Å². The molecule has 0 aromatic heterocycles. The Labute approximate surface area is 114 Å². The highest BCUT2D eigenvalue weighted by molar-refractivity contribution is 7.99. The van der Waals surface area contributed by atoms with E-state index in [-0.39, 0.29) is 0 Å². The van der Waals surface area contributed by atoms with E-state index in [2.05, 4.69) is 43.1 Å². The molecule has 1 fully saturated rings. The monoisotopic (exact) mass is 265 g/mol. The molecule has 100 valence electrons. The minimum Gasteiger partial charge on any atom is -0.492 e. The Morgan fingerprint density at radius 1 is 1.39 bits per heavy atom. The summed E-state index contributed by atoms with van der Waals surface area (Å²) in [5, 5.41) is 3.57. The van der Waals surface area contributed by atoms with Gasteiger partial charge in [0.15, 0.2) is 0 Å². The molecule has 2 atom stereocenters. The molecule has 0 saturated carbocycles. The first-order chi connectivity index (χ1) is 8.74. The van der Waals surface area contributed by atoms with Gasteiger partial charge in [-0.05, 0) is 56.4 Å². The molecule has 1 heterocycles. The maximum Gasteiger partial charge on any atom is 0.119 e. The van der Waals surface area contributed by atoms with E-state index >= 15 is 0 Å². The van der Waals surface area contributed by atoms with Gasteiger partial charge in [-0.2, -0.15) is 11.8 Å². The van der Waals surface area contributed by atoms with Crippen molar-refractivity contribution in [3.05, 3.63) is 29.8 Å². The molecular formula is C15H23NOS. The van der Waals surface area contributed by atoms with Crippen molar-refractivity contribution in [3.63, 3.8) is 0 Å². The molecule has 1 aromatic carbocycles. The number of rotatable bonds is 6. The topological polar surface area (TPSA) is 21.3 Å². The van der Waals surface area contributed by atoms with E-state index < -0.39 is 0 Å². The Hall–Kier alpha value is -0.670. The maximum atomic E-state index is 5.77. The van der Waals surface area contributed by atoms with Gasteiger partial charge in [0.25, 0.3) is 0 Å². The van der Waals surface area contributed by atoms with E-state index in [0.29, 0.717) is 6.04 Å². The number of hydrogen-bond donors (Lipinski definition) is 1. The molecule has 1 N–H and O–H groups in total. The quantitative estimate of drug-likeness (QED) is 0.854. The van der Waals surface area contributed by atoms with E-state index in [1.54, 1.807) is 0 Å². The Morgan fingerprint density at radius 3 is 2.83 bits per heavy atom. The molecule has 1 aliphatic heterocycles. The van der Waals surface area contributed by atoms with Gasteiger partial charge in [-0.25, -0.2) is 0 Å². The highest BCUT2D eigenvalue weighted by Crippen LogP contribution is 2.22. The maximum absolute atomic E-state index is 5.77. The predicted octanol–water partition coefficient (Wildman–Crippen LogP) is 3.11. The number of ether oxygens (including phenoxy) is 1. The highest BCUT2D eigenvalue weighted by Gasteiger charge is 2.15. The molecule has 2 unspecified atom stereocenters.